The van der Waals surface area contributed by atoms with Crippen LogP contribution in [0.3, 0.4) is 0 Å². The van der Waals surface area contributed by atoms with Crippen LogP contribution in [-0.2, 0) is 4.74 Å². The SMILES string of the molecule is Clc1ccc(-c2cnn(C3CCCCO3)c2)c2cc[nH]c12. The lowest BCUT2D eigenvalue weighted by Crippen LogP contribution is -2.18. The number of halogens is 1. The fraction of sp³-hybridized carbons (Fsp3) is 0.312. The number of fused-ring (bicyclic) bond motifs is 1. The van der Waals surface area contributed by atoms with E-state index in [0.29, 0.717) is 0 Å². The summed E-state index contributed by atoms with van der Waals surface area (Å²) in [5.74, 6) is 0. The van der Waals surface area contributed by atoms with E-state index in [0.717, 1.165) is 46.5 Å². The van der Waals surface area contributed by atoms with Gasteiger partial charge in [0.15, 0.2) is 0 Å². The van der Waals surface area contributed by atoms with Crippen molar-refractivity contribution in [1.82, 2.24) is 14.8 Å². The van der Waals surface area contributed by atoms with Gasteiger partial charge < -0.3 is 9.72 Å². The quantitative estimate of drug-likeness (QED) is 0.763. The third kappa shape index (κ3) is 2.24. The van der Waals surface area contributed by atoms with Crippen molar-refractivity contribution in [2.45, 2.75) is 25.5 Å². The molecular formula is C16H16ClN3O. The normalized spacial score (nSPS) is 19.2. The number of nitrogens with one attached hydrogen (secondary N) is 1. The third-order valence-electron chi connectivity index (χ3n) is 4.04. The van der Waals surface area contributed by atoms with Crippen LogP contribution in [0.15, 0.2) is 36.8 Å². The summed E-state index contributed by atoms with van der Waals surface area (Å²) in [4.78, 5) is 3.18. The highest BCUT2D eigenvalue weighted by molar-refractivity contribution is 6.35. The van der Waals surface area contributed by atoms with Gasteiger partial charge in [-0.3, -0.25) is 0 Å². The lowest BCUT2D eigenvalue weighted by Gasteiger charge is -2.22. The second-order valence-corrected chi connectivity index (χ2v) is 5.80. The Morgan fingerprint density at radius 2 is 2.24 bits per heavy atom. The monoisotopic (exact) mass is 301 g/mol. The highest BCUT2D eigenvalue weighted by Crippen LogP contribution is 2.33. The van der Waals surface area contributed by atoms with Gasteiger partial charge in [-0.15, -0.1) is 0 Å². The first-order valence-corrected chi connectivity index (χ1v) is 7.62. The second kappa shape index (κ2) is 5.20. The van der Waals surface area contributed by atoms with Crippen LogP contribution in [0.25, 0.3) is 22.0 Å². The summed E-state index contributed by atoms with van der Waals surface area (Å²) in [6, 6.07) is 6.01. The summed E-state index contributed by atoms with van der Waals surface area (Å²) in [5, 5.41) is 6.33. The van der Waals surface area contributed by atoms with Gasteiger partial charge in [-0.1, -0.05) is 17.7 Å². The average Bonchev–Trinajstić information content (AvgIpc) is 3.18. The van der Waals surface area contributed by atoms with E-state index in [2.05, 4.69) is 16.3 Å². The van der Waals surface area contributed by atoms with E-state index >= 15 is 0 Å². The molecule has 0 bridgehead atoms. The summed E-state index contributed by atoms with van der Waals surface area (Å²) >= 11 is 6.21. The Kier molecular flexibility index (Phi) is 3.20. The molecule has 3 aromatic rings. The smallest absolute Gasteiger partial charge is 0.150 e. The summed E-state index contributed by atoms with van der Waals surface area (Å²) in [7, 11) is 0. The molecule has 0 saturated carbocycles. The fourth-order valence-electron chi connectivity index (χ4n) is 2.94. The molecule has 1 aromatic carbocycles. The highest BCUT2D eigenvalue weighted by Gasteiger charge is 2.17. The summed E-state index contributed by atoms with van der Waals surface area (Å²) in [6.45, 7) is 0.822. The summed E-state index contributed by atoms with van der Waals surface area (Å²) < 4.78 is 7.71. The molecule has 21 heavy (non-hydrogen) atoms. The molecule has 1 unspecified atom stereocenters. The number of hydrogen-bond acceptors (Lipinski definition) is 2. The van der Waals surface area contributed by atoms with Crippen LogP contribution in [0.5, 0.6) is 0 Å². The van der Waals surface area contributed by atoms with E-state index in [1.165, 1.54) is 6.42 Å². The Hall–Kier alpha value is -1.78. The molecule has 108 valence electrons. The van der Waals surface area contributed by atoms with Crippen LogP contribution in [0.4, 0.5) is 0 Å². The van der Waals surface area contributed by atoms with Crippen molar-refractivity contribution in [3.05, 3.63) is 41.8 Å². The van der Waals surface area contributed by atoms with Crippen molar-refractivity contribution in [1.29, 1.82) is 0 Å². The van der Waals surface area contributed by atoms with Gasteiger partial charge in [-0.25, -0.2) is 4.68 Å². The van der Waals surface area contributed by atoms with E-state index < -0.39 is 0 Å². The van der Waals surface area contributed by atoms with E-state index in [1.54, 1.807) is 0 Å². The Morgan fingerprint density at radius 3 is 3.10 bits per heavy atom. The number of hydrogen-bond donors (Lipinski definition) is 1. The molecule has 1 aliphatic heterocycles. The van der Waals surface area contributed by atoms with Crippen LogP contribution < -0.4 is 0 Å². The minimum atomic E-state index is 0.0708. The Bertz CT molecular complexity index is 771. The number of aromatic amines is 1. The first kappa shape index (κ1) is 12.9. The molecule has 1 saturated heterocycles. The molecule has 0 aliphatic carbocycles. The molecule has 0 amide bonds. The number of nitrogens with zero attached hydrogens (tertiary/aromatic N) is 2. The topological polar surface area (TPSA) is 42.8 Å². The zero-order valence-electron chi connectivity index (χ0n) is 11.6. The molecule has 1 aliphatic rings. The van der Waals surface area contributed by atoms with Crippen molar-refractivity contribution >= 4 is 22.5 Å². The zero-order chi connectivity index (χ0) is 14.2. The standard InChI is InChI=1S/C16H16ClN3O/c17-14-5-4-12(13-6-7-18-16(13)14)11-9-19-20(10-11)15-3-1-2-8-21-15/h4-7,9-10,15,18H,1-3,8H2. The molecule has 3 heterocycles. The van der Waals surface area contributed by atoms with Crippen molar-refractivity contribution in [3.63, 3.8) is 0 Å². The highest BCUT2D eigenvalue weighted by atomic mass is 35.5. The summed E-state index contributed by atoms with van der Waals surface area (Å²) in [5.41, 5.74) is 3.19. The lowest BCUT2D eigenvalue weighted by atomic mass is 10.1. The van der Waals surface area contributed by atoms with Gasteiger partial charge in [0.2, 0.25) is 0 Å². The van der Waals surface area contributed by atoms with Crippen LogP contribution in [0, 0.1) is 0 Å². The maximum absolute atomic E-state index is 6.21. The van der Waals surface area contributed by atoms with Crippen LogP contribution in [-0.4, -0.2) is 21.4 Å². The third-order valence-corrected chi connectivity index (χ3v) is 4.35. The van der Waals surface area contributed by atoms with Crippen molar-refractivity contribution in [2.24, 2.45) is 0 Å². The second-order valence-electron chi connectivity index (χ2n) is 5.39. The molecule has 5 heteroatoms. The first-order valence-electron chi connectivity index (χ1n) is 7.24. The van der Waals surface area contributed by atoms with E-state index in [4.69, 9.17) is 16.3 Å². The molecule has 1 N–H and O–H groups in total. The average molecular weight is 302 g/mol. The zero-order valence-corrected chi connectivity index (χ0v) is 12.3. The van der Waals surface area contributed by atoms with Crippen LogP contribution in [0.2, 0.25) is 5.02 Å². The minimum Gasteiger partial charge on any atom is -0.360 e. The Morgan fingerprint density at radius 1 is 1.29 bits per heavy atom. The number of H-pyrrole nitrogens is 1. The van der Waals surface area contributed by atoms with Crippen molar-refractivity contribution in [2.75, 3.05) is 6.61 Å². The Labute approximate surface area is 127 Å². The largest absolute Gasteiger partial charge is 0.360 e. The number of aromatic nitrogens is 3. The molecule has 0 radical (unpaired) electrons. The molecular weight excluding hydrogens is 286 g/mol. The van der Waals surface area contributed by atoms with Gasteiger partial charge in [-0.2, -0.15) is 5.10 Å². The minimum absolute atomic E-state index is 0.0708. The molecule has 0 spiro atoms. The predicted molar refractivity (Wildman–Crippen MR) is 83.4 cm³/mol. The number of rotatable bonds is 2. The van der Waals surface area contributed by atoms with Crippen molar-refractivity contribution < 1.29 is 4.74 Å². The number of benzene rings is 1. The first-order chi connectivity index (χ1) is 10.3. The maximum Gasteiger partial charge on any atom is 0.150 e. The predicted octanol–water partition coefficient (Wildman–Crippen LogP) is 4.38. The molecule has 4 rings (SSSR count). The molecule has 4 nitrogen and oxygen atoms in total. The molecule has 1 atom stereocenters. The summed E-state index contributed by atoms with van der Waals surface area (Å²) in [6.07, 6.45) is 9.31. The van der Waals surface area contributed by atoms with Gasteiger partial charge >= 0.3 is 0 Å². The van der Waals surface area contributed by atoms with Gasteiger partial charge in [0.1, 0.15) is 6.23 Å². The molecule has 2 aromatic heterocycles. The van der Waals surface area contributed by atoms with Gasteiger partial charge in [0, 0.05) is 30.0 Å². The molecule has 1 fully saturated rings. The van der Waals surface area contributed by atoms with Crippen LogP contribution in [0.1, 0.15) is 25.5 Å². The van der Waals surface area contributed by atoms with Crippen LogP contribution >= 0.6 is 11.6 Å². The lowest BCUT2D eigenvalue weighted by molar-refractivity contribution is -0.0394. The Balaban J connectivity index is 1.74. The number of ether oxygens (including phenoxy) is 1. The fourth-order valence-corrected chi connectivity index (χ4v) is 3.16. The maximum atomic E-state index is 6.21. The van der Waals surface area contributed by atoms with Gasteiger partial charge in [-0.05, 0) is 37.0 Å². The van der Waals surface area contributed by atoms with E-state index in [9.17, 15) is 0 Å². The van der Waals surface area contributed by atoms with Crippen molar-refractivity contribution in [3.8, 4) is 11.1 Å². The van der Waals surface area contributed by atoms with Gasteiger partial charge in [0.25, 0.3) is 0 Å². The van der Waals surface area contributed by atoms with E-state index in [-0.39, 0.29) is 6.23 Å². The van der Waals surface area contributed by atoms with E-state index in [1.807, 2.05) is 35.3 Å². The van der Waals surface area contributed by atoms with Gasteiger partial charge in [0.05, 0.1) is 16.7 Å².